The second kappa shape index (κ2) is 3.71. The van der Waals surface area contributed by atoms with Crippen LogP contribution in [0.2, 0.25) is 0 Å². The summed E-state index contributed by atoms with van der Waals surface area (Å²) in [5.41, 5.74) is 0. The minimum Gasteiger partial charge on any atom is -0.464 e. The first-order valence-electron chi connectivity index (χ1n) is 4.91. The van der Waals surface area contributed by atoms with Crippen LogP contribution in [-0.2, 0) is 19.4 Å². The van der Waals surface area contributed by atoms with Gasteiger partial charge in [-0.3, -0.25) is 9.78 Å². The fraction of sp³-hybridized carbons (Fsp3) is 0.400. The van der Waals surface area contributed by atoms with E-state index in [4.69, 9.17) is 4.74 Å². The van der Waals surface area contributed by atoms with Gasteiger partial charge in [-0.05, 0) is 18.6 Å². The van der Waals surface area contributed by atoms with E-state index in [0.717, 1.165) is 0 Å². The Bertz CT molecular complexity index is 557. The number of aromatic nitrogens is 1. The summed E-state index contributed by atoms with van der Waals surface area (Å²) in [7, 11) is -3.65. The first kappa shape index (κ1) is 12.4. The Hall–Kier alpha value is -1.08. The van der Waals surface area contributed by atoms with Crippen LogP contribution >= 0.6 is 13.5 Å². The van der Waals surface area contributed by atoms with Crippen LogP contribution in [0.15, 0.2) is 29.4 Å². The molecule has 0 N–H and O–H groups in total. The van der Waals surface area contributed by atoms with Crippen LogP contribution in [-0.4, -0.2) is 30.7 Å². The first-order valence-corrected chi connectivity index (χ1v) is 6.39. The first-order chi connectivity index (χ1) is 7.59. The van der Waals surface area contributed by atoms with E-state index in [1.54, 1.807) is 6.07 Å². The van der Waals surface area contributed by atoms with Crippen molar-refractivity contribution in [1.29, 1.82) is 0 Å². The van der Waals surface area contributed by atoms with Gasteiger partial charge in [0.05, 0.1) is 11.5 Å². The highest BCUT2D eigenvalue weighted by molar-refractivity contribution is 7.94. The number of hydrogen-bond acceptors (Lipinski definition) is 5. The monoisotopic (exact) mass is 273 g/mol. The lowest BCUT2D eigenvalue weighted by Gasteiger charge is -2.10. The van der Waals surface area contributed by atoms with Crippen LogP contribution in [0.4, 0.5) is 0 Å². The quantitative estimate of drug-likeness (QED) is 0.724. The Morgan fingerprint density at radius 1 is 1.47 bits per heavy atom. The second-order valence-electron chi connectivity index (χ2n) is 4.08. The summed E-state index contributed by atoms with van der Waals surface area (Å²) in [6, 6.07) is 3.00. The summed E-state index contributed by atoms with van der Waals surface area (Å²) in [5, 5.41) is 0. The van der Waals surface area contributed by atoms with Crippen LogP contribution in [0.3, 0.4) is 0 Å². The number of rotatable bonds is 2. The zero-order chi connectivity index (χ0) is 11.4. The number of cyclic esters (lactones) is 1. The maximum Gasteiger partial charge on any atom is 0.328 e. The SMILES string of the molecule is O=C1OC[C@@H]2C[C@]12S(=O)(=O)c1cccnc1.S. The molecule has 1 aromatic rings. The third-order valence-corrected chi connectivity index (χ3v) is 5.72. The third kappa shape index (κ3) is 1.42. The standard InChI is InChI=1S/C10H9NO4S.H2S/c12-9-10(4-7(10)6-15-9)16(13,14)8-2-1-3-11-5-8;/h1-3,5,7H,4,6H2;1H2/t7-,10+;/m0./s1. The van der Waals surface area contributed by atoms with Gasteiger partial charge in [0, 0.05) is 18.3 Å². The smallest absolute Gasteiger partial charge is 0.328 e. The van der Waals surface area contributed by atoms with Gasteiger partial charge in [-0.15, -0.1) is 0 Å². The lowest BCUT2D eigenvalue weighted by Crippen LogP contribution is -2.31. The zero-order valence-electron chi connectivity index (χ0n) is 8.79. The molecule has 17 heavy (non-hydrogen) atoms. The van der Waals surface area contributed by atoms with Gasteiger partial charge >= 0.3 is 5.97 Å². The molecule has 2 aliphatic rings. The molecule has 92 valence electrons. The van der Waals surface area contributed by atoms with E-state index in [2.05, 4.69) is 4.98 Å². The molecule has 0 aromatic carbocycles. The maximum atomic E-state index is 12.3. The highest BCUT2D eigenvalue weighted by Crippen LogP contribution is 2.57. The predicted octanol–water partition coefficient (Wildman–Crippen LogP) is 0.284. The van der Waals surface area contributed by atoms with Crippen molar-refractivity contribution in [3.8, 4) is 0 Å². The number of carbonyl (C=O) groups is 1. The molecule has 2 atom stereocenters. The minimum absolute atomic E-state index is 0. The average molecular weight is 273 g/mol. The van der Waals surface area contributed by atoms with Crippen LogP contribution in [0.25, 0.3) is 0 Å². The fourth-order valence-electron chi connectivity index (χ4n) is 2.20. The highest BCUT2D eigenvalue weighted by atomic mass is 32.2. The molecule has 5 nitrogen and oxygen atoms in total. The molecule has 1 saturated carbocycles. The van der Waals surface area contributed by atoms with Crippen molar-refractivity contribution in [2.45, 2.75) is 16.1 Å². The van der Waals surface area contributed by atoms with Crippen LogP contribution in [0, 0.1) is 5.92 Å². The second-order valence-corrected chi connectivity index (χ2v) is 6.29. The van der Waals surface area contributed by atoms with Crippen molar-refractivity contribution in [2.75, 3.05) is 6.61 Å². The van der Waals surface area contributed by atoms with Gasteiger partial charge in [0.15, 0.2) is 14.6 Å². The largest absolute Gasteiger partial charge is 0.464 e. The van der Waals surface area contributed by atoms with Gasteiger partial charge in [0.25, 0.3) is 0 Å². The number of hydrogen-bond donors (Lipinski definition) is 0. The van der Waals surface area contributed by atoms with Gasteiger partial charge in [-0.25, -0.2) is 8.42 Å². The molecule has 0 unspecified atom stereocenters. The third-order valence-electron chi connectivity index (χ3n) is 3.23. The number of ether oxygens (including phenoxy) is 1. The number of fused-ring (bicyclic) bond motifs is 1. The highest BCUT2D eigenvalue weighted by Gasteiger charge is 2.74. The molecular formula is C10H11NO4S2. The van der Waals surface area contributed by atoms with Gasteiger partial charge in [0.1, 0.15) is 0 Å². The summed E-state index contributed by atoms with van der Waals surface area (Å²) < 4.78 is 28.0. The molecule has 7 heteroatoms. The van der Waals surface area contributed by atoms with Crippen molar-refractivity contribution in [2.24, 2.45) is 5.92 Å². The Morgan fingerprint density at radius 3 is 2.71 bits per heavy atom. The number of sulfone groups is 1. The van der Waals surface area contributed by atoms with Crippen molar-refractivity contribution >= 4 is 29.3 Å². The van der Waals surface area contributed by atoms with Crippen molar-refractivity contribution < 1.29 is 17.9 Å². The average Bonchev–Trinajstić information content (AvgIpc) is 2.96. The lowest BCUT2D eigenvalue weighted by molar-refractivity contribution is -0.140. The van der Waals surface area contributed by atoms with E-state index in [1.807, 2.05) is 0 Å². The van der Waals surface area contributed by atoms with Crippen LogP contribution in [0.1, 0.15) is 6.42 Å². The predicted molar refractivity (Wildman–Crippen MR) is 63.6 cm³/mol. The van der Waals surface area contributed by atoms with E-state index in [1.165, 1.54) is 18.5 Å². The Labute approximate surface area is 106 Å². The Morgan fingerprint density at radius 2 is 2.24 bits per heavy atom. The summed E-state index contributed by atoms with van der Waals surface area (Å²) in [6.07, 6.45) is 3.14. The zero-order valence-corrected chi connectivity index (χ0v) is 10.6. The van der Waals surface area contributed by atoms with Crippen molar-refractivity contribution in [1.82, 2.24) is 4.98 Å². The molecule has 0 spiro atoms. The number of esters is 1. The molecule has 2 heterocycles. The maximum absolute atomic E-state index is 12.3. The molecule has 2 fully saturated rings. The topological polar surface area (TPSA) is 73.3 Å². The molecule has 0 amide bonds. The summed E-state index contributed by atoms with van der Waals surface area (Å²) in [6.45, 7) is 0.221. The number of pyridine rings is 1. The van der Waals surface area contributed by atoms with E-state index in [-0.39, 0.29) is 30.9 Å². The molecular weight excluding hydrogens is 262 g/mol. The number of nitrogens with zero attached hydrogens (tertiary/aromatic N) is 1. The Kier molecular flexibility index (Phi) is 2.70. The molecule has 1 aliphatic heterocycles. The van der Waals surface area contributed by atoms with Crippen LogP contribution < -0.4 is 0 Å². The number of carbonyl (C=O) groups excluding carboxylic acids is 1. The van der Waals surface area contributed by atoms with Crippen LogP contribution in [0.5, 0.6) is 0 Å². The lowest BCUT2D eigenvalue weighted by atomic mass is 10.4. The molecule has 0 bridgehead atoms. The van der Waals surface area contributed by atoms with Gasteiger partial charge in [0.2, 0.25) is 0 Å². The van der Waals surface area contributed by atoms with E-state index < -0.39 is 20.6 Å². The van der Waals surface area contributed by atoms with Gasteiger partial charge in [-0.1, -0.05) is 0 Å². The summed E-state index contributed by atoms with van der Waals surface area (Å²) in [5.74, 6) is -0.786. The minimum atomic E-state index is -3.65. The normalized spacial score (nSPS) is 30.1. The van der Waals surface area contributed by atoms with Crippen molar-refractivity contribution in [3.05, 3.63) is 24.5 Å². The summed E-state index contributed by atoms with van der Waals surface area (Å²) >= 11 is 0. The molecule has 3 rings (SSSR count). The molecule has 0 radical (unpaired) electrons. The van der Waals surface area contributed by atoms with Crippen molar-refractivity contribution in [3.63, 3.8) is 0 Å². The van der Waals surface area contributed by atoms with E-state index in [0.29, 0.717) is 6.42 Å². The summed E-state index contributed by atoms with van der Waals surface area (Å²) in [4.78, 5) is 15.4. The molecule has 1 aliphatic carbocycles. The van der Waals surface area contributed by atoms with E-state index >= 15 is 0 Å². The molecule has 1 aromatic heterocycles. The fourth-order valence-corrected chi connectivity index (χ4v) is 4.29. The molecule has 1 saturated heterocycles. The van der Waals surface area contributed by atoms with Gasteiger partial charge in [-0.2, -0.15) is 13.5 Å². The Balaban J connectivity index is 0.00000108. The van der Waals surface area contributed by atoms with E-state index in [9.17, 15) is 13.2 Å². The van der Waals surface area contributed by atoms with Gasteiger partial charge < -0.3 is 4.74 Å².